The van der Waals surface area contributed by atoms with E-state index in [2.05, 4.69) is 31.0 Å². The van der Waals surface area contributed by atoms with Crippen molar-refractivity contribution in [2.75, 3.05) is 12.4 Å². The molecule has 176 valence electrons. The third kappa shape index (κ3) is 6.71. The summed E-state index contributed by atoms with van der Waals surface area (Å²) in [5, 5.41) is 16.0. The Morgan fingerprint density at radius 1 is 1.06 bits per heavy atom. The van der Waals surface area contributed by atoms with E-state index >= 15 is 0 Å². The molecule has 0 fully saturated rings. The lowest BCUT2D eigenvalue weighted by Gasteiger charge is -2.09. The van der Waals surface area contributed by atoms with Crippen LogP contribution in [0, 0.1) is 0 Å². The third-order valence-electron chi connectivity index (χ3n) is 4.57. The van der Waals surface area contributed by atoms with E-state index in [0.717, 1.165) is 27.5 Å². The number of nitrogens with one attached hydrogen (secondary N) is 2. The number of anilines is 1. The van der Waals surface area contributed by atoms with Gasteiger partial charge < -0.3 is 4.74 Å². The maximum atomic E-state index is 12.2. The third-order valence-corrected chi connectivity index (χ3v) is 6.45. The first-order chi connectivity index (χ1) is 17.1. The summed E-state index contributed by atoms with van der Waals surface area (Å²) in [6, 6.07) is 20.7. The zero-order valence-electron chi connectivity index (χ0n) is 18.5. The zero-order chi connectivity index (χ0) is 24.5. The van der Waals surface area contributed by atoms with Crippen LogP contribution in [0.15, 0.2) is 83.1 Å². The van der Waals surface area contributed by atoms with Crippen LogP contribution in [0.25, 0.3) is 10.6 Å². The molecule has 2 aromatic carbocycles. The molecule has 0 aliphatic carbocycles. The fourth-order valence-electron chi connectivity index (χ4n) is 2.92. The van der Waals surface area contributed by atoms with E-state index in [4.69, 9.17) is 4.74 Å². The molecule has 0 bridgehead atoms. The smallest absolute Gasteiger partial charge is 0.329 e. The molecule has 11 heteroatoms. The van der Waals surface area contributed by atoms with Crippen LogP contribution in [0.4, 0.5) is 5.13 Å². The van der Waals surface area contributed by atoms with Crippen molar-refractivity contribution in [2.24, 2.45) is 5.10 Å². The number of hydrogen-bond donors (Lipinski definition) is 2. The van der Waals surface area contributed by atoms with Crippen molar-refractivity contribution in [3.63, 3.8) is 0 Å². The quantitative estimate of drug-likeness (QED) is 0.161. The maximum absolute atomic E-state index is 12.2. The molecule has 2 amide bonds. The molecule has 0 spiro atoms. The second-order valence-corrected chi connectivity index (χ2v) is 8.93. The number of carbonyl (C=O) groups excluding carboxylic acids is 2. The highest BCUT2D eigenvalue weighted by molar-refractivity contribution is 7.98. The lowest BCUT2D eigenvalue weighted by molar-refractivity contribution is -0.136. The molecule has 9 nitrogen and oxygen atoms in total. The normalized spacial score (nSPS) is 10.8. The van der Waals surface area contributed by atoms with Gasteiger partial charge in [0.05, 0.1) is 18.4 Å². The molecule has 2 N–H and O–H groups in total. The first-order valence-corrected chi connectivity index (χ1v) is 12.2. The Labute approximate surface area is 209 Å². The molecular weight excluding hydrogens is 484 g/mol. The van der Waals surface area contributed by atoms with E-state index in [1.54, 1.807) is 31.1 Å². The number of hydrogen-bond acceptors (Lipinski definition) is 9. The molecule has 2 heterocycles. The number of carbonyl (C=O) groups is 2. The largest absolute Gasteiger partial charge is 0.496 e. The van der Waals surface area contributed by atoms with Crippen LogP contribution >= 0.6 is 23.1 Å². The lowest BCUT2D eigenvalue weighted by Crippen LogP contribution is -2.32. The van der Waals surface area contributed by atoms with Gasteiger partial charge in [0.2, 0.25) is 5.13 Å². The van der Waals surface area contributed by atoms with Crippen molar-refractivity contribution in [1.29, 1.82) is 0 Å². The standard InChI is InChI=1S/C24H20N6O3S2/c1-33-19-11-10-16(13-18(19)15-34-20-9-5-6-12-25-20)14-26-28-22(32)21(31)27-24-30-29-23(35-24)17-7-3-2-4-8-17/h2-14H,15H2,1H3,(H,28,32)(H,27,30,31). The van der Waals surface area contributed by atoms with E-state index in [9.17, 15) is 9.59 Å². The summed E-state index contributed by atoms with van der Waals surface area (Å²) in [6.45, 7) is 0. The van der Waals surface area contributed by atoms with Gasteiger partial charge in [0.1, 0.15) is 10.8 Å². The van der Waals surface area contributed by atoms with Crippen LogP contribution < -0.4 is 15.5 Å². The predicted molar refractivity (Wildman–Crippen MR) is 137 cm³/mol. The van der Waals surface area contributed by atoms with E-state index in [1.807, 2.05) is 60.7 Å². The van der Waals surface area contributed by atoms with Gasteiger partial charge in [-0.15, -0.1) is 22.0 Å². The van der Waals surface area contributed by atoms with Gasteiger partial charge in [-0.25, -0.2) is 10.4 Å². The fourth-order valence-corrected chi connectivity index (χ4v) is 4.50. The lowest BCUT2D eigenvalue weighted by atomic mass is 10.1. The SMILES string of the molecule is COc1ccc(C=NNC(=O)C(=O)Nc2nnc(-c3ccccc3)s2)cc1CSc1ccccn1. The maximum Gasteiger partial charge on any atom is 0.329 e. The highest BCUT2D eigenvalue weighted by atomic mass is 32.2. The number of hydrazone groups is 1. The van der Waals surface area contributed by atoms with Gasteiger partial charge >= 0.3 is 11.8 Å². The van der Waals surface area contributed by atoms with Gasteiger partial charge in [-0.05, 0) is 35.9 Å². The Bertz CT molecular complexity index is 1330. The Morgan fingerprint density at radius 2 is 1.89 bits per heavy atom. The van der Waals surface area contributed by atoms with E-state index in [0.29, 0.717) is 10.8 Å². The number of thioether (sulfide) groups is 1. The monoisotopic (exact) mass is 504 g/mol. The molecule has 0 unspecified atom stereocenters. The van der Waals surface area contributed by atoms with Crippen molar-refractivity contribution in [3.05, 3.63) is 84.1 Å². The molecule has 0 saturated heterocycles. The number of amides is 2. The highest BCUT2D eigenvalue weighted by Crippen LogP contribution is 2.28. The molecular formula is C24H20N6O3S2. The van der Waals surface area contributed by atoms with Crippen molar-refractivity contribution < 1.29 is 14.3 Å². The van der Waals surface area contributed by atoms with Crippen molar-refractivity contribution in [1.82, 2.24) is 20.6 Å². The van der Waals surface area contributed by atoms with Gasteiger partial charge in [0, 0.05) is 23.1 Å². The number of methoxy groups -OCH3 is 1. The van der Waals surface area contributed by atoms with Crippen LogP contribution in [-0.4, -0.2) is 40.3 Å². The molecule has 0 aliphatic heterocycles. The van der Waals surface area contributed by atoms with Crippen LogP contribution in [0.1, 0.15) is 11.1 Å². The van der Waals surface area contributed by atoms with E-state index in [1.165, 1.54) is 17.6 Å². The molecule has 0 aliphatic rings. The number of aromatic nitrogens is 3. The summed E-state index contributed by atoms with van der Waals surface area (Å²) in [7, 11) is 1.61. The topological polar surface area (TPSA) is 118 Å². The predicted octanol–water partition coefficient (Wildman–Crippen LogP) is 3.99. The van der Waals surface area contributed by atoms with Gasteiger partial charge in [0.15, 0.2) is 0 Å². The van der Waals surface area contributed by atoms with Gasteiger partial charge in [-0.2, -0.15) is 5.10 Å². The Balaban J connectivity index is 1.33. The molecule has 35 heavy (non-hydrogen) atoms. The molecule has 2 aromatic heterocycles. The van der Waals surface area contributed by atoms with Crippen LogP contribution in [0.5, 0.6) is 5.75 Å². The second kappa shape index (κ2) is 11.9. The minimum Gasteiger partial charge on any atom is -0.496 e. The van der Waals surface area contributed by atoms with Crippen LogP contribution in [0.2, 0.25) is 0 Å². The zero-order valence-corrected chi connectivity index (χ0v) is 20.2. The average molecular weight is 505 g/mol. The number of benzene rings is 2. The first-order valence-electron chi connectivity index (χ1n) is 10.4. The van der Waals surface area contributed by atoms with Gasteiger partial charge in [0.25, 0.3) is 0 Å². The Hall–Kier alpha value is -4.09. The highest BCUT2D eigenvalue weighted by Gasteiger charge is 2.16. The van der Waals surface area contributed by atoms with Crippen molar-refractivity contribution >= 4 is 46.3 Å². The first kappa shape index (κ1) is 24.0. The van der Waals surface area contributed by atoms with Gasteiger partial charge in [-0.1, -0.05) is 47.7 Å². The fraction of sp³-hybridized carbons (Fsp3) is 0.0833. The number of rotatable bonds is 8. The van der Waals surface area contributed by atoms with Crippen molar-refractivity contribution in [2.45, 2.75) is 10.8 Å². The molecule has 0 atom stereocenters. The molecule has 4 aromatic rings. The second-order valence-electron chi connectivity index (χ2n) is 6.96. The van der Waals surface area contributed by atoms with Crippen molar-refractivity contribution in [3.8, 4) is 16.3 Å². The van der Waals surface area contributed by atoms with Crippen LogP contribution in [-0.2, 0) is 15.3 Å². The van der Waals surface area contributed by atoms with Gasteiger partial charge in [-0.3, -0.25) is 14.9 Å². The average Bonchev–Trinajstić information content (AvgIpc) is 3.37. The molecule has 0 radical (unpaired) electrons. The summed E-state index contributed by atoms with van der Waals surface area (Å²) >= 11 is 2.75. The Kier molecular flexibility index (Phi) is 8.15. The number of pyridine rings is 1. The summed E-state index contributed by atoms with van der Waals surface area (Å²) in [5.41, 5.74) is 4.78. The number of nitrogens with zero attached hydrogens (tertiary/aromatic N) is 4. The Morgan fingerprint density at radius 3 is 2.66 bits per heavy atom. The molecule has 0 saturated carbocycles. The van der Waals surface area contributed by atoms with Crippen LogP contribution in [0.3, 0.4) is 0 Å². The summed E-state index contributed by atoms with van der Waals surface area (Å²) in [6.07, 6.45) is 3.20. The summed E-state index contributed by atoms with van der Waals surface area (Å²) in [4.78, 5) is 28.6. The minimum atomic E-state index is -0.919. The van der Waals surface area contributed by atoms with E-state index < -0.39 is 11.8 Å². The number of ether oxygens (including phenoxy) is 1. The minimum absolute atomic E-state index is 0.221. The molecule has 4 rings (SSSR count). The summed E-state index contributed by atoms with van der Waals surface area (Å²) in [5.74, 6) is -0.429. The summed E-state index contributed by atoms with van der Waals surface area (Å²) < 4.78 is 5.44. The van der Waals surface area contributed by atoms with E-state index in [-0.39, 0.29) is 5.13 Å².